The molecule has 5 rings (SSSR count). The van der Waals surface area contributed by atoms with Crippen molar-refractivity contribution in [1.82, 2.24) is 5.01 Å². The van der Waals surface area contributed by atoms with Crippen molar-refractivity contribution in [2.75, 3.05) is 14.2 Å². The summed E-state index contributed by atoms with van der Waals surface area (Å²) in [5.41, 5.74) is 3.75. The minimum absolute atomic E-state index is 0.0891. The predicted molar refractivity (Wildman–Crippen MR) is 118 cm³/mol. The maximum atomic E-state index is 11.8. The summed E-state index contributed by atoms with van der Waals surface area (Å²) in [7, 11) is 2.97. The number of para-hydroxylation sites is 2. The van der Waals surface area contributed by atoms with Crippen LogP contribution in [-0.2, 0) is 4.74 Å². The highest BCUT2D eigenvalue weighted by molar-refractivity contribution is 6.04. The van der Waals surface area contributed by atoms with Crippen molar-refractivity contribution in [2.45, 2.75) is 18.7 Å². The molecule has 0 saturated heterocycles. The average molecular weight is 430 g/mol. The van der Waals surface area contributed by atoms with Gasteiger partial charge >= 0.3 is 5.97 Å². The number of hydrazone groups is 1. The second-order valence-electron chi connectivity index (χ2n) is 7.63. The Morgan fingerprint density at radius 1 is 1.06 bits per heavy atom. The number of ether oxygens (including phenoxy) is 3. The molecule has 2 aliphatic heterocycles. The van der Waals surface area contributed by atoms with Gasteiger partial charge in [0.2, 0.25) is 6.23 Å². The van der Waals surface area contributed by atoms with Gasteiger partial charge in [-0.15, -0.1) is 0 Å². The second kappa shape index (κ2) is 7.92. The van der Waals surface area contributed by atoms with Crippen LogP contribution in [0.25, 0.3) is 0 Å². The smallest absolute Gasteiger partial charge is 0.337 e. The van der Waals surface area contributed by atoms with Crippen LogP contribution in [0, 0.1) is 0 Å². The maximum Gasteiger partial charge on any atom is 0.337 e. The van der Waals surface area contributed by atoms with Crippen LogP contribution in [0.2, 0.25) is 0 Å². The largest absolute Gasteiger partial charge is 0.507 e. The molecule has 162 valence electrons. The van der Waals surface area contributed by atoms with Crippen LogP contribution in [0.5, 0.6) is 17.2 Å². The van der Waals surface area contributed by atoms with Crippen molar-refractivity contribution in [3.63, 3.8) is 0 Å². The summed E-state index contributed by atoms with van der Waals surface area (Å²) in [6, 6.07) is 20.0. The lowest BCUT2D eigenvalue weighted by molar-refractivity contribution is -0.0209. The van der Waals surface area contributed by atoms with Gasteiger partial charge in [0.15, 0.2) is 11.5 Å². The number of aromatic hydroxyl groups is 1. The molecule has 0 radical (unpaired) electrons. The Morgan fingerprint density at radius 3 is 2.56 bits per heavy atom. The zero-order valence-electron chi connectivity index (χ0n) is 17.7. The number of hydrogen-bond acceptors (Lipinski definition) is 7. The highest BCUT2D eigenvalue weighted by Crippen LogP contribution is 2.51. The van der Waals surface area contributed by atoms with Gasteiger partial charge in [0, 0.05) is 23.1 Å². The van der Waals surface area contributed by atoms with E-state index in [0.717, 1.165) is 16.8 Å². The molecule has 2 atom stereocenters. The Kier molecular flexibility index (Phi) is 4.93. The number of phenols is 1. The van der Waals surface area contributed by atoms with E-state index >= 15 is 0 Å². The first-order chi connectivity index (χ1) is 15.6. The van der Waals surface area contributed by atoms with Crippen LogP contribution in [0.4, 0.5) is 0 Å². The fourth-order valence-corrected chi connectivity index (χ4v) is 4.25. The molecule has 0 amide bonds. The van der Waals surface area contributed by atoms with Crippen LogP contribution in [-0.4, -0.2) is 36.0 Å². The van der Waals surface area contributed by atoms with E-state index in [1.54, 1.807) is 31.4 Å². The van der Waals surface area contributed by atoms with Gasteiger partial charge in [0.25, 0.3) is 0 Å². The zero-order valence-corrected chi connectivity index (χ0v) is 17.7. The summed E-state index contributed by atoms with van der Waals surface area (Å²) < 4.78 is 16.8. The molecule has 0 aromatic heterocycles. The summed E-state index contributed by atoms with van der Waals surface area (Å²) in [5, 5.41) is 17.1. The first kappa shape index (κ1) is 19.9. The molecule has 7 nitrogen and oxygen atoms in total. The van der Waals surface area contributed by atoms with E-state index in [-0.39, 0.29) is 11.8 Å². The monoisotopic (exact) mass is 430 g/mol. The molecule has 2 aliphatic rings. The lowest BCUT2D eigenvalue weighted by atomic mass is 9.95. The van der Waals surface area contributed by atoms with Gasteiger partial charge in [-0.05, 0) is 30.3 Å². The van der Waals surface area contributed by atoms with Crippen LogP contribution in [0.3, 0.4) is 0 Å². The number of hydrogen-bond donors (Lipinski definition) is 1. The molecule has 7 heteroatoms. The molecule has 0 spiro atoms. The van der Waals surface area contributed by atoms with E-state index < -0.39 is 12.2 Å². The van der Waals surface area contributed by atoms with Gasteiger partial charge in [-0.25, -0.2) is 9.80 Å². The molecule has 2 heterocycles. The van der Waals surface area contributed by atoms with E-state index in [1.807, 2.05) is 47.5 Å². The van der Waals surface area contributed by atoms with Gasteiger partial charge in [-0.2, -0.15) is 5.10 Å². The molecule has 2 unspecified atom stereocenters. The number of carbonyl (C=O) groups is 1. The Bertz CT molecular complexity index is 1210. The molecule has 1 N–H and O–H groups in total. The zero-order chi connectivity index (χ0) is 22.2. The molecular weight excluding hydrogens is 408 g/mol. The summed E-state index contributed by atoms with van der Waals surface area (Å²) in [6.07, 6.45) is 0.0801. The third-order valence-electron chi connectivity index (χ3n) is 5.83. The number of esters is 1. The Hall–Kier alpha value is -4.00. The van der Waals surface area contributed by atoms with Crippen molar-refractivity contribution < 1.29 is 24.1 Å². The standard InChI is InChI=1S/C25H22N2O5/c1-30-22-9-5-7-18-20-14-19(17-6-3-4-8-21(17)28)26-27(20)24(32-23(18)22)15-10-12-16(13-11-15)25(29)31-2/h3-13,20,24,28H,14H2,1-2H3. The Balaban J connectivity index is 1.59. The van der Waals surface area contributed by atoms with Crippen LogP contribution in [0.15, 0.2) is 71.8 Å². The van der Waals surface area contributed by atoms with Gasteiger partial charge in [0.05, 0.1) is 31.5 Å². The predicted octanol–water partition coefficient (Wildman–Crippen LogP) is 4.43. The Morgan fingerprint density at radius 2 is 1.84 bits per heavy atom. The second-order valence-corrected chi connectivity index (χ2v) is 7.63. The number of methoxy groups -OCH3 is 2. The van der Waals surface area contributed by atoms with E-state index in [4.69, 9.17) is 19.3 Å². The molecule has 3 aromatic rings. The number of nitrogens with zero attached hydrogens (tertiary/aromatic N) is 2. The first-order valence-corrected chi connectivity index (χ1v) is 10.3. The molecular formula is C25H22N2O5. The van der Waals surface area contributed by atoms with E-state index in [9.17, 15) is 9.90 Å². The highest BCUT2D eigenvalue weighted by atomic mass is 16.5. The van der Waals surface area contributed by atoms with Crippen molar-refractivity contribution in [2.24, 2.45) is 5.10 Å². The number of phenolic OH excluding ortho intramolecular Hbond substituents is 1. The van der Waals surface area contributed by atoms with E-state index in [1.165, 1.54) is 7.11 Å². The third-order valence-corrected chi connectivity index (χ3v) is 5.83. The highest BCUT2D eigenvalue weighted by Gasteiger charge is 2.42. The Labute approximate surface area is 185 Å². The van der Waals surface area contributed by atoms with E-state index in [0.29, 0.717) is 29.0 Å². The fourth-order valence-electron chi connectivity index (χ4n) is 4.25. The normalized spacial score (nSPS) is 18.8. The number of carbonyl (C=O) groups excluding carboxylic acids is 1. The van der Waals surface area contributed by atoms with Gasteiger partial charge in [-0.1, -0.05) is 36.4 Å². The topological polar surface area (TPSA) is 80.6 Å². The third kappa shape index (κ3) is 3.22. The summed E-state index contributed by atoms with van der Waals surface area (Å²) in [5.74, 6) is 1.12. The van der Waals surface area contributed by atoms with Crippen LogP contribution < -0.4 is 9.47 Å². The van der Waals surface area contributed by atoms with Crippen LogP contribution >= 0.6 is 0 Å². The van der Waals surface area contributed by atoms with Crippen molar-refractivity contribution in [3.8, 4) is 17.2 Å². The summed E-state index contributed by atoms with van der Waals surface area (Å²) >= 11 is 0. The molecule has 0 aliphatic carbocycles. The van der Waals surface area contributed by atoms with Crippen molar-refractivity contribution in [3.05, 3.63) is 89.0 Å². The van der Waals surface area contributed by atoms with Crippen molar-refractivity contribution in [1.29, 1.82) is 0 Å². The fraction of sp³-hybridized carbons (Fsp3) is 0.200. The maximum absolute atomic E-state index is 11.8. The lowest BCUT2D eigenvalue weighted by Gasteiger charge is -2.38. The SMILES string of the molecule is COC(=O)c1ccc(C2Oc3c(OC)cccc3C3CC(c4ccccc4O)=NN32)cc1. The molecule has 0 saturated carbocycles. The van der Waals surface area contributed by atoms with Gasteiger partial charge < -0.3 is 19.3 Å². The number of benzene rings is 3. The minimum atomic E-state index is -0.529. The van der Waals surface area contributed by atoms with Crippen LogP contribution in [0.1, 0.15) is 45.7 Å². The first-order valence-electron chi connectivity index (χ1n) is 10.3. The van der Waals surface area contributed by atoms with Crippen molar-refractivity contribution >= 4 is 11.7 Å². The van der Waals surface area contributed by atoms with E-state index in [2.05, 4.69) is 0 Å². The van der Waals surface area contributed by atoms with Gasteiger partial charge in [-0.3, -0.25) is 0 Å². The number of fused-ring (bicyclic) bond motifs is 3. The average Bonchev–Trinajstić information content (AvgIpc) is 3.28. The quantitative estimate of drug-likeness (QED) is 0.617. The lowest BCUT2D eigenvalue weighted by Crippen LogP contribution is -2.33. The molecule has 32 heavy (non-hydrogen) atoms. The molecule has 3 aromatic carbocycles. The summed E-state index contributed by atoms with van der Waals surface area (Å²) in [6.45, 7) is 0. The molecule has 0 fully saturated rings. The van der Waals surface area contributed by atoms with Gasteiger partial charge in [0.1, 0.15) is 5.75 Å². The number of rotatable bonds is 4. The summed E-state index contributed by atoms with van der Waals surface area (Å²) in [4.78, 5) is 11.8. The molecule has 0 bridgehead atoms. The minimum Gasteiger partial charge on any atom is -0.507 e.